The van der Waals surface area contributed by atoms with Gasteiger partial charge >= 0.3 is 0 Å². The average molecular weight is 355 g/mol. The van der Waals surface area contributed by atoms with Crippen LogP contribution in [0, 0.1) is 0 Å². The average Bonchev–Trinajstić information content (AvgIpc) is 2.47. The molecular weight excluding hydrogens is 328 g/mol. The minimum absolute atomic E-state index is 0. The quantitative estimate of drug-likeness (QED) is 0.800. The SMILES string of the molecule is CN(CC1CCCCO1)C(=O)C1(S(C)(=O)=O)CCNCC1.Cl. The van der Waals surface area contributed by atoms with Gasteiger partial charge in [0.2, 0.25) is 5.91 Å². The third-order valence-electron chi connectivity index (χ3n) is 4.61. The number of halogens is 1. The molecule has 0 aliphatic carbocycles. The van der Waals surface area contributed by atoms with Crippen LogP contribution in [0.4, 0.5) is 0 Å². The van der Waals surface area contributed by atoms with E-state index in [9.17, 15) is 13.2 Å². The fourth-order valence-electron chi connectivity index (χ4n) is 3.26. The Labute approximate surface area is 139 Å². The summed E-state index contributed by atoms with van der Waals surface area (Å²) in [6.07, 6.45) is 5.01. The van der Waals surface area contributed by atoms with E-state index in [0.717, 1.165) is 25.9 Å². The molecule has 1 N–H and O–H groups in total. The fourth-order valence-corrected chi connectivity index (χ4v) is 4.68. The van der Waals surface area contributed by atoms with E-state index >= 15 is 0 Å². The van der Waals surface area contributed by atoms with Gasteiger partial charge in [-0.25, -0.2) is 8.42 Å². The van der Waals surface area contributed by atoms with Gasteiger partial charge in [0.25, 0.3) is 0 Å². The number of hydrogen-bond acceptors (Lipinski definition) is 5. The van der Waals surface area contributed by atoms with Crippen LogP contribution >= 0.6 is 12.4 Å². The second-order valence-electron chi connectivity index (χ2n) is 6.19. The molecule has 0 aromatic carbocycles. The number of amides is 1. The smallest absolute Gasteiger partial charge is 0.243 e. The molecule has 1 amide bonds. The van der Waals surface area contributed by atoms with E-state index in [4.69, 9.17) is 4.74 Å². The number of ether oxygens (including phenoxy) is 1. The predicted octanol–water partition coefficient (Wildman–Crippen LogP) is 0.603. The third-order valence-corrected chi connectivity index (χ3v) is 6.61. The zero-order valence-corrected chi connectivity index (χ0v) is 15.0. The van der Waals surface area contributed by atoms with Crippen LogP contribution in [0.5, 0.6) is 0 Å². The Hall–Kier alpha value is -0.370. The minimum atomic E-state index is -3.44. The largest absolute Gasteiger partial charge is 0.376 e. The van der Waals surface area contributed by atoms with Gasteiger partial charge in [0.15, 0.2) is 14.6 Å². The van der Waals surface area contributed by atoms with Crippen LogP contribution in [0.25, 0.3) is 0 Å². The highest BCUT2D eigenvalue weighted by Crippen LogP contribution is 2.30. The van der Waals surface area contributed by atoms with Crippen molar-refractivity contribution in [1.82, 2.24) is 10.2 Å². The highest BCUT2D eigenvalue weighted by atomic mass is 35.5. The van der Waals surface area contributed by atoms with Crippen LogP contribution in [-0.2, 0) is 19.4 Å². The third kappa shape index (κ3) is 4.13. The molecule has 6 nitrogen and oxygen atoms in total. The second-order valence-corrected chi connectivity index (χ2v) is 8.52. The van der Waals surface area contributed by atoms with Crippen LogP contribution in [-0.4, -0.2) is 69.6 Å². The van der Waals surface area contributed by atoms with Crippen LogP contribution in [0.15, 0.2) is 0 Å². The molecule has 2 fully saturated rings. The molecule has 2 rings (SSSR count). The van der Waals surface area contributed by atoms with E-state index in [0.29, 0.717) is 32.5 Å². The van der Waals surface area contributed by atoms with Crippen molar-refractivity contribution in [2.24, 2.45) is 0 Å². The Kier molecular flexibility index (Phi) is 7.11. The Morgan fingerprint density at radius 2 is 1.95 bits per heavy atom. The highest BCUT2D eigenvalue weighted by Gasteiger charge is 2.50. The number of carbonyl (C=O) groups excluding carboxylic acids is 1. The summed E-state index contributed by atoms with van der Waals surface area (Å²) >= 11 is 0. The van der Waals surface area contributed by atoms with Crippen LogP contribution < -0.4 is 5.32 Å². The van der Waals surface area contributed by atoms with Crippen LogP contribution in [0.3, 0.4) is 0 Å². The monoisotopic (exact) mass is 354 g/mol. The minimum Gasteiger partial charge on any atom is -0.376 e. The maximum atomic E-state index is 12.8. The van der Waals surface area contributed by atoms with Gasteiger partial charge in [-0.2, -0.15) is 0 Å². The summed E-state index contributed by atoms with van der Waals surface area (Å²) in [5.74, 6) is -0.277. The maximum absolute atomic E-state index is 12.8. The van der Waals surface area contributed by atoms with Crippen molar-refractivity contribution in [3.8, 4) is 0 Å². The van der Waals surface area contributed by atoms with Crippen molar-refractivity contribution >= 4 is 28.2 Å². The first kappa shape index (κ1) is 19.7. The van der Waals surface area contributed by atoms with Gasteiger partial charge in [-0.1, -0.05) is 0 Å². The Morgan fingerprint density at radius 1 is 1.32 bits per heavy atom. The van der Waals surface area contributed by atoms with Gasteiger partial charge in [-0.15, -0.1) is 12.4 Å². The summed E-state index contributed by atoms with van der Waals surface area (Å²) in [4.78, 5) is 14.4. The van der Waals surface area contributed by atoms with Crippen molar-refractivity contribution in [2.45, 2.75) is 43.0 Å². The number of likely N-dealkylation sites (N-methyl/N-ethyl adjacent to an activating group) is 1. The summed E-state index contributed by atoms with van der Waals surface area (Å²) in [5.41, 5.74) is 0. The van der Waals surface area contributed by atoms with E-state index in [1.54, 1.807) is 11.9 Å². The summed E-state index contributed by atoms with van der Waals surface area (Å²) in [7, 11) is -1.75. The number of piperidine rings is 1. The first-order chi connectivity index (χ1) is 9.87. The first-order valence-electron chi connectivity index (χ1n) is 7.64. The van der Waals surface area contributed by atoms with E-state index in [1.165, 1.54) is 6.26 Å². The van der Waals surface area contributed by atoms with Crippen molar-refractivity contribution < 1.29 is 17.9 Å². The molecule has 1 unspecified atom stereocenters. The van der Waals surface area contributed by atoms with E-state index in [-0.39, 0.29) is 24.4 Å². The highest BCUT2D eigenvalue weighted by molar-refractivity contribution is 7.92. The second kappa shape index (κ2) is 7.95. The Balaban J connectivity index is 0.00000242. The van der Waals surface area contributed by atoms with Gasteiger partial charge in [0, 0.05) is 26.5 Å². The lowest BCUT2D eigenvalue weighted by atomic mass is 9.95. The molecule has 22 heavy (non-hydrogen) atoms. The van der Waals surface area contributed by atoms with Gasteiger partial charge in [-0.3, -0.25) is 4.79 Å². The molecule has 8 heteroatoms. The summed E-state index contributed by atoms with van der Waals surface area (Å²) in [6.45, 7) is 2.33. The molecule has 2 aliphatic heterocycles. The van der Waals surface area contributed by atoms with Crippen molar-refractivity contribution in [3.63, 3.8) is 0 Å². The maximum Gasteiger partial charge on any atom is 0.243 e. The molecule has 0 bridgehead atoms. The molecule has 1 atom stereocenters. The molecule has 130 valence electrons. The molecule has 0 aromatic rings. The van der Waals surface area contributed by atoms with Gasteiger partial charge in [0.1, 0.15) is 0 Å². The lowest BCUT2D eigenvalue weighted by molar-refractivity contribution is -0.135. The van der Waals surface area contributed by atoms with Gasteiger partial charge < -0.3 is 15.0 Å². The summed E-state index contributed by atoms with van der Waals surface area (Å²) in [5, 5.41) is 3.13. The number of nitrogens with one attached hydrogen (secondary N) is 1. The first-order valence-corrected chi connectivity index (χ1v) is 9.53. The number of hydrogen-bond donors (Lipinski definition) is 1. The van der Waals surface area contributed by atoms with E-state index < -0.39 is 14.6 Å². The number of nitrogens with zero attached hydrogens (tertiary/aromatic N) is 1. The Bertz CT molecular complexity index is 471. The molecule has 0 aromatic heterocycles. The standard InChI is InChI=1S/C14H26N2O4S.ClH/c1-16(11-12-5-3-4-10-20-12)13(17)14(21(2,18)19)6-8-15-9-7-14;/h12,15H,3-11H2,1-2H3;1H. The predicted molar refractivity (Wildman–Crippen MR) is 88.2 cm³/mol. The molecule has 0 radical (unpaired) electrons. The fraction of sp³-hybridized carbons (Fsp3) is 0.929. The van der Waals surface area contributed by atoms with E-state index in [2.05, 4.69) is 5.32 Å². The van der Waals surface area contributed by atoms with Crippen molar-refractivity contribution in [1.29, 1.82) is 0 Å². The summed E-state index contributed by atoms with van der Waals surface area (Å²) in [6, 6.07) is 0. The van der Waals surface area contributed by atoms with E-state index in [1.807, 2.05) is 0 Å². The molecule has 2 aliphatic rings. The lowest BCUT2D eigenvalue weighted by Crippen LogP contribution is -2.58. The van der Waals surface area contributed by atoms with Gasteiger partial charge in [-0.05, 0) is 45.2 Å². The molecule has 0 saturated carbocycles. The molecule has 2 saturated heterocycles. The number of rotatable bonds is 4. The zero-order chi connectivity index (χ0) is 15.5. The number of carbonyl (C=O) groups is 1. The lowest BCUT2D eigenvalue weighted by Gasteiger charge is -2.38. The molecular formula is C14H27ClN2O4S. The zero-order valence-electron chi connectivity index (χ0n) is 13.3. The topological polar surface area (TPSA) is 75.7 Å². The van der Waals surface area contributed by atoms with Gasteiger partial charge in [0.05, 0.1) is 6.10 Å². The Morgan fingerprint density at radius 3 is 2.45 bits per heavy atom. The van der Waals surface area contributed by atoms with Crippen molar-refractivity contribution in [2.75, 3.05) is 39.5 Å². The summed E-state index contributed by atoms with van der Waals surface area (Å²) < 4.78 is 28.9. The van der Waals surface area contributed by atoms with Crippen LogP contribution in [0.2, 0.25) is 0 Å². The normalized spacial score (nSPS) is 25.1. The molecule has 0 spiro atoms. The molecule has 2 heterocycles. The van der Waals surface area contributed by atoms with Crippen LogP contribution in [0.1, 0.15) is 32.1 Å². The van der Waals surface area contributed by atoms with Crippen molar-refractivity contribution in [3.05, 3.63) is 0 Å². The number of sulfone groups is 1.